The molecule has 29 heavy (non-hydrogen) atoms. The lowest BCUT2D eigenvalue weighted by atomic mass is 9.86. The molecule has 4 heterocycles. The molecule has 7 heteroatoms. The van der Waals surface area contributed by atoms with Gasteiger partial charge < -0.3 is 24.3 Å². The molecule has 1 saturated heterocycles. The van der Waals surface area contributed by atoms with Gasteiger partial charge in [-0.05, 0) is 29.3 Å². The summed E-state index contributed by atoms with van der Waals surface area (Å²) in [5.74, 6) is 0.697. The number of benzene rings is 2. The zero-order valence-electron chi connectivity index (χ0n) is 19.5. The standard InChI is InChI=1S/C22H19N3O4/c1-24-10-19(26)25-16(22(24)27)9-14-13-4-2-3-5-15(13)23-20(14)21(25)12-6-7-17-18(8-12)29-11-28-17/h2-8,16,21,23H,9-11H2,1H3/t16-,21-/m1/s1/i2D,3D,4D,5D. The predicted octanol–water partition coefficient (Wildman–Crippen LogP) is 2.21. The van der Waals surface area contributed by atoms with Gasteiger partial charge in [0.25, 0.3) is 0 Å². The van der Waals surface area contributed by atoms with Gasteiger partial charge in [0.2, 0.25) is 18.6 Å². The van der Waals surface area contributed by atoms with Gasteiger partial charge in [-0.15, -0.1) is 0 Å². The molecule has 3 aliphatic rings. The molecule has 0 aliphatic carbocycles. The van der Waals surface area contributed by atoms with Gasteiger partial charge in [-0.1, -0.05) is 24.2 Å². The molecule has 0 bridgehead atoms. The number of amides is 2. The highest BCUT2D eigenvalue weighted by Crippen LogP contribution is 2.44. The van der Waals surface area contributed by atoms with E-state index in [-0.39, 0.29) is 61.3 Å². The van der Waals surface area contributed by atoms with Gasteiger partial charge in [0.15, 0.2) is 11.5 Å². The van der Waals surface area contributed by atoms with Crippen LogP contribution >= 0.6 is 0 Å². The number of nitrogens with one attached hydrogen (secondary N) is 1. The second-order valence-corrected chi connectivity index (χ2v) is 7.50. The Labute approximate surface area is 172 Å². The van der Waals surface area contributed by atoms with E-state index in [2.05, 4.69) is 4.98 Å². The number of carbonyl (C=O) groups excluding carboxylic acids is 2. The third-order valence-electron chi connectivity index (χ3n) is 5.89. The maximum atomic E-state index is 13.2. The van der Waals surface area contributed by atoms with Crippen LogP contribution in [0, 0.1) is 0 Å². The molecule has 1 fully saturated rings. The third kappa shape index (κ3) is 2.24. The number of aromatic amines is 1. The molecule has 1 aromatic heterocycles. The van der Waals surface area contributed by atoms with Crippen LogP contribution < -0.4 is 9.47 Å². The van der Waals surface area contributed by atoms with E-state index in [1.807, 2.05) is 0 Å². The predicted molar refractivity (Wildman–Crippen MR) is 105 cm³/mol. The minimum absolute atomic E-state index is 0.0485. The molecule has 0 spiro atoms. The first-order chi connectivity index (χ1) is 15.8. The molecule has 0 saturated carbocycles. The first kappa shape index (κ1) is 12.9. The lowest BCUT2D eigenvalue weighted by Gasteiger charge is -2.46. The Morgan fingerprint density at radius 2 is 2.00 bits per heavy atom. The van der Waals surface area contributed by atoms with Crippen molar-refractivity contribution in [2.45, 2.75) is 18.5 Å². The normalized spacial score (nSPS) is 24.7. The van der Waals surface area contributed by atoms with Gasteiger partial charge in [0.05, 0.1) is 18.1 Å². The van der Waals surface area contributed by atoms with E-state index in [1.165, 1.54) is 4.90 Å². The Kier molecular flexibility index (Phi) is 2.56. The van der Waals surface area contributed by atoms with Crippen LogP contribution in [0.4, 0.5) is 0 Å². The number of ether oxygens (including phenoxy) is 2. The lowest BCUT2D eigenvalue weighted by molar-refractivity contribution is -0.157. The van der Waals surface area contributed by atoms with E-state index >= 15 is 0 Å². The minimum atomic E-state index is -0.781. The summed E-state index contributed by atoms with van der Waals surface area (Å²) < 4.78 is 44.0. The number of hydrogen-bond donors (Lipinski definition) is 1. The van der Waals surface area contributed by atoms with Crippen molar-refractivity contribution in [2.24, 2.45) is 0 Å². The summed E-state index contributed by atoms with van der Waals surface area (Å²) in [4.78, 5) is 32.5. The summed E-state index contributed by atoms with van der Waals surface area (Å²) in [7, 11) is 1.59. The molecule has 2 aromatic carbocycles. The van der Waals surface area contributed by atoms with Crippen LogP contribution in [0.2, 0.25) is 0 Å². The number of fused-ring (bicyclic) bond motifs is 5. The van der Waals surface area contributed by atoms with Crippen molar-refractivity contribution in [1.82, 2.24) is 14.8 Å². The number of rotatable bonds is 1. The Balaban J connectivity index is 1.65. The number of piperazine rings is 1. The van der Waals surface area contributed by atoms with E-state index in [9.17, 15) is 9.59 Å². The highest BCUT2D eigenvalue weighted by Gasteiger charge is 2.47. The molecule has 7 nitrogen and oxygen atoms in total. The van der Waals surface area contributed by atoms with Gasteiger partial charge >= 0.3 is 0 Å². The first-order valence-corrected chi connectivity index (χ1v) is 9.34. The first-order valence-electron chi connectivity index (χ1n) is 11.3. The van der Waals surface area contributed by atoms with Crippen molar-refractivity contribution >= 4 is 22.7 Å². The summed E-state index contributed by atoms with van der Waals surface area (Å²) in [6.07, 6.45) is 0.160. The summed E-state index contributed by atoms with van der Waals surface area (Å²) in [6.45, 7) is 0.0473. The SMILES string of the molecule is [2H]c1c([2H])c([2H])c2c3c([nH]c2c1[2H])[C@@H](c1ccc2c(c1)OCO2)N1C(=O)CN(C)C(=O)[C@H]1C3. The molecule has 6 rings (SSSR count). The van der Waals surface area contributed by atoms with E-state index in [4.69, 9.17) is 15.0 Å². The van der Waals surface area contributed by atoms with Crippen LogP contribution in [0.25, 0.3) is 10.9 Å². The van der Waals surface area contributed by atoms with Crippen molar-refractivity contribution in [3.05, 3.63) is 59.2 Å². The fourth-order valence-electron chi connectivity index (χ4n) is 4.58. The van der Waals surface area contributed by atoms with E-state index in [1.54, 1.807) is 30.1 Å². The molecule has 0 radical (unpaired) electrons. The van der Waals surface area contributed by atoms with Crippen LogP contribution in [0.1, 0.15) is 28.3 Å². The lowest BCUT2D eigenvalue weighted by Crippen LogP contribution is -2.62. The smallest absolute Gasteiger partial charge is 0.245 e. The molecule has 1 N–H and O–H groups in total. The molecule has 0 unspecified atom stereocenters. The van der Waals surface area contributed by atoms with Crippen LogP contribution in [0.5, 0.6) is 11.5 Å². The number of likely N-dealkylation sites (N-methyl/N-ethyl adjacent to an activating group) is 1. The molecule has 2 amide bonds. The fraction of sp³-hybridized carbons (Fsp3) is 0.273. The summed E-state index contributed by atoms with van der Waals surface area (Å²) in [6, 6.07) is 2.85. The summed E-state index contributed by atoms with van der Waals surface area (Å²) >= 11 is 0. The van der Waals surface area contributed by atoms with Crippen LogP contribution in [0.3, 0.4) is 0 Å². The van der Waals surface area contributed by atoms with Crippen LogP contribution in [-0.4, -0.2) is 53.0 Å². The molecular formula is C22H19N3O4. The molecule has 146 valence electrons. The van der Waals surface area contributed by atoms with E-state index < -0.39 is 12.1 Å². The molecular weight excluding hydrogens is 370 g/mol. The van der Waals surface area contributed by atoms with Gasteiger partial charge in [-0.3, -0.25) is 9.59 Å². The second-order valence-electron chi connectivity index (χ2n) is 7.50. The Hall–Kier alpha value is -3.48. The Morgan fingerprint density at radius 3 is 2.90 bits per heavy atom. The zero-order chi connectivity index (χ0) is 23.2. The molecule has 2 atom stereocenters. The average molecular weight is 393 g/mol. The van der Waals surface area contributed by atoms with Crippen LogP contribution in [0.15, 0.2) is 42.4 Å². The van der Waals surface area contributed by atoms with Crippen molar-refractivity contribution < 1.29 is 24.5 Å². The van der Waals surface area contributed by atoms with Crippen molar-refractivity contribution in [3.63, 3.8) is 0 Å². The number of H-pyrrole nitrogens is 1. The topological polar surface area (TPSA) is 74.9 Å². The monoisotopic (exact) mass is 393 g/mol. The number of hydrogen-bond acceptors (Lipinski definition) is 4. The van der Waals surface area contributed by atoms with Gasteiger partial charge in [0, 0.05) is 30.1 Å². The number of nitrogens with zero attached hydrogens (tertiary/aromatic N) is 2. The Bertz CT molecular complexity index is 1390. The third-order valence-corrected chi connectivity index (χ3v) is 5.89. The van der Waals surface area contributed by atoms with Crippen molar-refractivity contribution in [3.8, 4) is 11.5 Å². The average Bonchev–Trinajstić information content (AvgIpc) is 3.42. The van der Waals surface area contributed by atoms with Gasteiger partial charge in [-0.25, -0.2) is 0 Å². The van der Waals surface area contributed by atoms with Crippen LogP contribution in [-0.2, 0) is 16.0 Å². The summed E-state index contributed by atoms with van der Waals surface area (Å²) in [5.41, 5.74) is 2.16. The maximum absolute atomic E-state index is 13.2. The minimum Gasteiger partial charge on any atom is -0.454 e. The second kappa shape index (κ2) is 5.76. The summed E-state index contributed by atoms with van der Waals surface area (Å²) in [5, 5.41) is 0.356. The number of para-hydroxylation sites is 1. The fourth-order valence-corrected chi connectivity index (χ4v) is 4.58. The maximum Gasteiger partial charge on any atom is 0.245 e. The largest absolute Gasteiger partial charge is 0.454 e. The molecule has 3 aliphatic heterocycles. The van der Waals surface area contributed by atoms with Crippen molar-refractivity contribution in [2.75, 3.05) is 20.4 Å². The number of aromatic nitrogens is 1. The highest BCUT2D eigenvalue weighted by molar-refractivity contribution is 5.97. The molecule has 3 aromatic rings. The van der Waals surface area contributed by atoms with E-state index in [0.717, 1.165) is 0 Å². The van der Waals surface area contributed by atoms with Gasteiger partial charge in [0.1, 0.15) is 6.04 Å². The quantitative estimate of drug-likeness (QED) is 0.688. The van der Waals surface area contributed by atoms with Gasteiger partial charge in [-0.2, -0.15) is 0 Å². The highest BCUT2D eigenvalue weighted by atomic mass is 16.7. The van der Waals surface area contributed by atoms with E-state index in [0.29, 0.717) is 33.7 Å². The number of carbonyl (C=O) groups is 2. The van der Waals surface area contributed by atoms with Crippen molar-refractivity contribution in [1.29, 1.82) is 0 Å². The Morgan fingerprint density at radius 1 is 1.17 bits per heavy atom. The zero-order valence-corrected chi connectivity index (χ0v) is 15.5.